The predicted molar refractivity (Wildman–Crippen MR) is 79.4 cm³/mol. The Balaban J connectivity index is 1.82. The monoisotopic (exact) mass is 296 g/mol. The zero-order valence-electron chi connectivity index (χ0n) is 12.7. The third kappa shape index (κ3) is 4.80. The number of nitrogen functional groups attached to an aromatic ring is 1. The molecule has 1 heterocycles. The Morgan fingerprint density at radius 2 is 2.00 bits per heavy atom. The minimum absolute atomic E-state index is 0.449. The van der Waals surface area contributed by atoms with Crippen molar-refractivity contribution in [1.29, 1.82) is 0 Å². The van der Waals surface area contributed by atoms with Crippen LogP contribution < -0.4 is 16.0 Å². The van der Waals surface area contributed by atoms with Gasteiger partial charge in [0.15, 0.2) is 0 Å². The van der Waals surface area contributed by atoms with Crippen LogP contribution in [0.3, 0.4) is 0 Å². The molecule has 21 heavy (non-hydrogen) atoms. The van der Waals surface area contributed by atoms with Gasteiger partial charge in [0.25, 0.3) is 0 Å². The zero-order chi connectivity index (χ0) is 15.1. The fraction of sp³-hybridized carbons (Fsp3) is 0.714. The maximum atomic E-state index is 5.70. The molecule has 0 radical (unpaired) electrons. The molecule has 3 N–H and O–H groups in total. The van der Waals surface area contributed by atoms with Crippen LogP contribution in [0.15, 0.2) is 0 Å². The second kappa shape index (κ2) is 8.11. The minimum atomic E-state index is 0.449. The first-order valence-electron chi connectivity index (χ1n) is 7.31. The van der Waals surface area contributed by atoms with Crippen LogP contribution >= 0.6 is 0 Å². The van der Waals surface area contributed by atoms with E-state index in [2.05, 4.69) is 15.4 Å². The van der Waals surface area contributed by atoms with Gasteiger partial charge in [-0.3, -0.25) is 0 Å². The zero-order valence-corrected chi connectivity index (χ0v) is 12.7. The van der Waals surface area contributed by atoms with E-state index in [1.807, 2.05) is 6.92 Å². The van der Waals surface area contributed by atoms with Crippen LogP contribution in [0.4, 0.5) is 5.82 Å². The fourth-order valence-corrected chi connectivity index (χ4v) is 1.92. The van der Waals surface area contributed by atoms with Gasteiger partial charge in [0, 0.05) is 26.2 Å². The molecule has 2 rings (SSSR count). The molecule has 7 heteroatoms. The molecule has 0 spiro atoms. The number of nitrogens with two attached hydrogens (primary N) is 1. The van der Waals surface area contributed by atoms with Gasteiger partial charge in [0.2, 0.25) is 5.88 Å². The van der Waals surface area contributed by atoms with E-state index >= 15 is 0 Å². The van der Waals surface area contributed by atoms with Crippen LogP contribution in [-0.4, -0.2) is 43.5 Å². The van der Waals surface area contributed by atoms with Crippen LogP contribution in [-0.2, 0) is 9.47 Å². The lowest BCUT2D eigenvalue weighted by Crippen LogP contribution is -2.15. The summed E-state index contributed by atoms with van der Waals surface area (Å²) in [5.74, 6) is 7.97. The molecule has 1 aromatic heterocycles. The number of aromatic nitrogens is 2. The lowest BCUT2D eigenvalue weighted by Gasteiger charge is -2.13. The first-order chi connectivity index (χ1) is 10.3. The van der Waals surface area contributed by atoms with E-state index in [1.165, 1.54) is 0 Å². The van der Waals surface area contributed by atoms with Crippen molar-refractivity contribution in [2.24, 2.45) is 5.84 Å². The number of nitrogens with one attached hydrogen (secondary N) is 1. The average Bonchev–Trinajstić information content (AvgIpc) is 3.32. The molecule has 0 aromatic carbocycles. The molecule has 118 valence electrons. The third-order valence-electron chi connectivity index (χ3n) is 3.30. The molecule has 0 atom stereocenters. The van der Waals surface area contributed by atoms with Crippen molar-refractivity contribution in [1.82, 2.24) is 9.97 Å². The van der Waals surface area contributed by atoms with Crippen molar-refractivity contribution >= 4 is 5.82 Å². The van der Waals surface area contributed by atoms with Gasteiger partial charge in [0.05, 0.1) is 12.2 Å². The Hall–Kier alpha value is -1.44. The van der Waals surface area contributed by atoms with Gasteiger partial charge in [-0.15, -0.1) is 0 Å². The molecule has 1 saturated carbocycles. The van der Waals surface area contributed by atoms with Crippen LogP contribution in [0.5, 0.6) is 5.88 Å². The van der Waals surface area contributed by atoms with E-state index < -0.39 is 0 Å². The number of methoxy groups -OCH3 is 1. The first kappa shape index (κ1) is 15.9. The molecule has 0 saturated heterocycles. The topological polar surface area (TPSA) is 91.5 Å². The van der Waals surface area contributed by atoms with Crippen LogP contribution in [0.1, 0.15) is 36.6 Å². The van der Waals surface area contributed by atoms with E-state index in [4.69, 9.17) is 20.1 Å². The van der Waals surface area contributed by atoms with Gasteiger partial charge in [-0.05, 0) is 26.2 Å². The summed E-state index contributed by atoms with van der Waals surface area (Å²) in [4.78, 5) is 8.90. The van der Waals surface area contributed by atoms with Crippen molar-refractivity contribution in [3.05, 3.63) is 11.4 Å². The summed E-state index contributed by atoms with van der Waals surface area (Å²) >= 11 is 0. The summed E-state index contributed by atoms with van der Waals surface area (Å²) < 4.78 is 16.1. The summed E-state index contributed by atoms with van der Waals surface area (Å²) in [5.41, 5.74) is 3.43. The second-order valence-electron chi connectivity index (χ2n) is 5.09. The highest BCUT2D eigenvalue weighted by Gasteiger charge is 2.28. The second-order valence-corrected chi connectivity index (χ2v) is 5.09. The van der Waals surface area contributed by atoms with E-state index in [9.17, 15) is 0 Å². The molecule has 1 aliphatic carbocycles. The van der Waals surface area contributed by atoms with E-state index in [1.54, 1.807) is 7.11 Å². The van der Waals surface area contributed by atoms with Crippen molar-refractivity contribution in [2.45, 2.75) is 32.1 Å². The number of ether oxygens (including phenoxy) is 3. The molecule has 0 aliphatic heterocycles. The van der Waals surface area contributed by atoms with E-state index in [0.29, 0.717) is 44.0 Å². The molecule has 0 unspecified atom stereocenters. The Labute approximate surface area is 125 Å². The van der Waals surface area contributed by atoms with E-state index in [-0.39, 0.29) is 0 Å². The molecule has 0 bridgehead atoms. The molecular formula is C14H24N4O3. The van der Waals surface area contributed by atoms with Crippen LogP contribution in [0.25, 0.3) is 0 Å². The van der Waals surface area contributed by atoms with Gasteiger partial charge in [-0.1, -0.05) is 0 Å². The Kier molecular flexibility index (Phi) is 6.16. The average molecular weight is 296 g/mol. The number of anilines is 1. The predicted octanol–water partition coefficient (Wildman–Crippen LogP) is 1.38. The van der Waals surface area contributed by atoms with Gasteiger partial charge in [0.1, 0.15) is 18.2 Å². The summed E-state index contributed by atoms with van der Waals surface area (Å²) in [6, 6.07) is 0. The first-order valence-corrected chi connectivity index (χ1v) is 7.31. The van der Waals surface area contributed by atoms with Crippen molar-refractivity contribution in [3.8, 4) is 5.88 Å². The quantitative estimate of drug-likeness (QED) is 0.383. The number of rotatable bonds is 10. The highest BCUT2D eigenvalue weighted by atomic mass is 16.5. The van der Waals surface area contributed by atoms with Crippen molar-refractivity contribution in [3.63, 3.8) is 0 Å². The Bertz CT molecular complexity index is 452. The lowest BCUT2D eigenvalue weighted by atomic mass is 10.3. The number of hydrogen-bond acceptors (Lipinski definition) is 7. The van der Waals surface area contributed by atoms with Gasteiger partial charge in [-0.2, -0.15) is 4.98 Å². The molecule has 1 aliphatic rings. The highest BCUT2D eigenvalue weighted by molar-refractivity contribution is 5.48. The summed E-state index contributed by atoms with van der Waals surface area (Å²) in [7, 11) is 1.68. The molecule has 1 aromatic rings. The van der Waals surface area contributed by atoms with Gasteiger partial charge < -0.3 is 19.6 Å². The van der Waals surface area contributed by atoms with Gasteiger partial charge in [-0.25, -0.2) is 10.8 Å². The summed E-state index contributed by atoms with van der Waals surface area (Å²) in [6.45, 7) is 4.25. The standard InChI is InChI=1S/C14H24N4O3/c1-10-12(18-15)16-13(11-4-5-11)17-14(10)21-9-8-20-7-3-6-19-2/h11H,3-9,15H2,1-2H3,(H,16,17,18). The summed E-state index contributed by atoms with van der Waals surface area (Å²) in [5, 5.41) is 0. The van der Waals surface area contributed by atoms with Crippen LogP contribution in [0, 0.1) is 6.92 Å². The molecule has 0 amide bonds. The maximum Gasteiger partial charge on any atom is 0.221 e. The van der Waals surface area contributed by atoms with E-state index in [0.717, 1.165) is 30.7 Å². The van der Waals surface area contributed by atoms with Crippen LogP contribution in [0.2, 0.25) is 0 Å². The van der Waals surface area contributed by atoms with Crippen molar-refractivity contribution < 1.29 is 14.2 Å². The molecule has 7 nitrogen and oxygen atoms in total. The summed E-state index contributed by atoms with van der Waals surface area (Å²) in [6.07, 6.45) is 3.15. The Morgan fingerprint density at radius 1 is 1.19 bits per heavy atom. The lowest BCUT2D eigenvalue weighted by molar-refractivity contribution is 0.0793. The smallest absolute Gasteiger partial charge is 0.221 e. The third-order valence-corrected chi connectivity index (χ3v) is 3.30. The highest BCUT2D eigenvalue weighted by Crippen LogP contribution is 2.39. The number of hydrazine groups is 1. The molecular weight excluding hydrogens is 272 g/mol. The largest absolute Gasteiger partial charge is 0.475 e. The fourth-order valence-electron chi connectivity index (χ4n) is 1.92. The number of hydrogen-bond donors (Lipinski definition) is 2. The number of nitrogens with zero attached hydrogens (tertiary/aromatic N) is 2. The normalized spacial score (nSPS) is 14.2. The van der Waals surface area contributed by atoms with Crippen molar-refractivity contribution in [2.75, 3.05) is 39.0 Å². The Morgan fingerprint density at radius 3 is 2.67 bits per heavy atom. The van der Waals surface area contributed by atoms with Gasteiger partial charge >= 0.3 is 0 Å². The molecule has 1 fully saturated rings. The SMILES string of the molecule is COCCCOCCOc1nc(C2CC2)nc(NN)c1C. The maximum absolute atomic E-state index is 5.70. The minimum Gasteiger partial charge on any atom is -0.475 e.